The third-order valence-electron chi connectivity index (χ3n) is 7.32. The molecular formula is C30H36N8O5. The van der Waals surface area contributed by atoms with Crippen LogP contribution in [0.15, 0.2) is 54.9 Å². The number of carbonyl (C=O) groups excluding carboxylic acids is 1. The number of aliphatic carboxylic acids is 1. The average Bonchev–Trinajstić information content (AvgIpc) is 3.57. The molecule has 3 N–H and O–H groups in total. The largest absolute Gasteiger partial charge is 0.480 e. The molecular weight excluding hydrogens is 552 g/mol. The molecule has 3 atom stereocenters. The molecule has 1 aromatic carbocycles. The van der Waals surface area contributed by atoms with Crippen LogP contribution in [0, 0.1) is 6.92 Å². The molecule has 0 aliphatic carbocycles. The number of carbonyl (C=O) groups is 2. The molecule has 226 valence electrons. The number of likely N-dealkylation sites (N-methyl/N-ethyl adjacent to an activating group) is 1. The first kappa shape index (κ1) is 29.9. The van der Waals surface area contributed by atoms with Crippen LogP contribution in [0.3, 0.4) is 0 Å². The van der Waals surface area contributed by atoms with E-state index < -0.39 is 24.1 Å². The standard InChI is InChI=1S/C30H36N8O5/c1-4-42-22(15-31-3)17-37-19(2)34-24-11-12-32-26(27(24)37)23-10-13-33-29(36-23)35-21-14-25(28(39)40)38(16-21)30(41)43-18-20-8-6-5-7-9-20/h5-13,21-22,25,31H,4,14-18H2,1-3H3,(H,39,40)(H,33,35,36)/t21-,22-,25-/m0/s1. The first-order valence-corrected chi connectivity index (χ1v) is 14.3. The number of rotatable bonds is 12. The number of nitrogens with zero attached hydrogens (tertiary/aromatic N) is 6. The summed E-state index contributed by atoms with van der Waals surface area (Å²) in [6.07, 6.45) is 2.75. The number of likely N-dealkylation sites (tertiary alicyclic amines) is 1. The quantitative estimate of drug-likeness (QED) is 0.223. The van der Waals surface area contributed by atoms with Gasteiger partial charge in [-0.1, -0.05) is 30.3 Å². The zero-order valence-electron chi connectivity index (χ0n) is 24.4. The molecule has 0 unspecified atom stereocenters. The van der Waals surface area contributed by atoms with Gasteiger partial charge in [0.1, 0.15) is 24.2 Å². The maximum Gasteiger partial charge on any atom is 0.410 e. The summed E-state index contributed by atoms with van der Waals surface area (Å²) < 4.78 is 13.5. The van der Waals surface area contributed by atoms with Gasteiger partial charge in [0.2, 0.25) is 5.95 Å². The number of aromatic nitrogens is 5. The van der Waals surface area contributed by atoms with Gasteiger partial charge in [-0.15, -0.1) is 0 Å². The second-order valence-electron chi connectivity index (χ2n) is 10.3. The molecule has 1 aliphatic heterocycles. The van der Waals surface area contributed by atoms with Crippen molar-refractivity contribution in [3.8, 4) is 11.4 Å². The Labute approximate surface area is 249 Å². The van der Waals surface area contributed by atoms with Gasteiger partial charge >= 0.3 is 12.1 Å². The smallest absolute Gasteiger partial charge is 0.410 e. The number of carboxylic acids is 1. The van der Waals surface area contributed by atoms with E-state index in [2.05, 4.69) is 25.2 Å². The summed E-state index contributed by atoms with van der Waals surface area (Å²) in [5.74, 6) is 0.0382. The lowest BCUT2D eigenvalue weighted by Gasteiger charge is -2.20. The Hall–Kier alpha value is -4.62. The Morgan fingerprint density at radius 1 is 1.12 bits per heavy atom. The fourth-order valence-electron chi connectivity index (χ4n) is 5.37. The summed E-state index contributed by atoms with van der Waals surface area (Å²) in [5, 5.41) is 16.2. The summed E-state index contributed by atoms with van der Waals surface area (Å²) in [6.45, 7) is 5.97. The normalized spacial score (nSPS) is 17.2. The minimum atomic E-state index is -1.10. The number of hydrogen-bond donors (Lipinski definition) is 3. The summed E-state index contributed by atoms with van der Waals surface area (Å²) in [4.78, 5) is 44.6. The fourth-order valence-corrected chi connectivity index (χ4v) is 5.37. The molecule has 13 heteroatoms. The Morgan fingerprint density at radius 3 is 2.65 bits per heavy atom. The van der Waals surface area contributed by atoms with E-state index in [1.807, 2.05) is 57.3 Å². The molecule has 1 aliphatic rings. The summed E-state index contributed by atoms with van der Waals surface area (Å²) in [6, 6.07) is 11.4. The van der Waals surface area contributed by atoms with Gasteiger partial charge in [-0.2, -0.15) is 0 Å². The lowest BCUT2D eigenvalue weighted by molar-refractivity contribution is -0.141. The molecule has 43 heavy (non-hydrogen) atoms. The third-order valence-corrected chi connectivity index (χ3v) is 7.32. The van der Waals surface area contributed by atoms with Gasteiger partial charge in [0.25, 0.3) is 0 Å². The predicted octanol–water partition coefficient (Wildman–Crippen LogP) is 3.10. The zero-order valence-corrected chi connectivity index (χ0v) is 24.4. The van der Waals surface area contributed by atoms with Gasteiger partial charge in [0.15, 0.2) is 0 Å². The Kier molecular flexibility index (Phi) is 9.42. The van der Waals surface area contributed by atoms with Crippen LogP contribution >= 0.6 is 0 Å². The Bertz CT molecular complexity index is 1560. The van der Waals surface area contributed by atoms with E-state index in [1.165, 1.54) is 4.90 Å². The van der Waals surface area contributed by atoms with Crippen LogP contribution < -0.4 is 10.6 Å². The molecule has 4 heterocycles. The number of pyridine rings is 1. The number of amides is 1. The van der Waals surface area contributed by atoms with Crippen LogP contribution in [0.25, 0.3) is 22.4 Å². The molecule has 1 amide bonds. The summed E-state index contributed by atoms with van der Waals surface area (Å²) in [5.41, 5.74) is 3.67. The van der Waals surface area contributed by atoms with E-state index in [9.17, 15) is 14.7 Å². The molecule has 1 saturated heterocycles. The van der Waals surface area contributed by atoms with Gasteiger partial charge < -0.3 is 29.8 Å². The topological polar surface area (TPSA) is 157 Å². The summed E-state index contributed by atoms with van der Waals surface area (Å²) >= 11 is 0. The van der Waals surface area contributed by atoms with Crippen LogP contribution in [-0.2, 0) is 27.4 Å². The highest BCUT2D eigenvalue weighted by atomic mass is 16.6. The van der Waals surface area contributed by atoms with Crippen molar-refractivity contribution in [2.45, 2.75) is 51.6 Å². The number of hydrogen-bond acceptors (Lipinski definition) is 10. The van der Waals surface area contributed by atoms with Crippen molar-refractivity contribution in [2.24, 2.45) is 0 Å². The third kappa shape index (κ3) is 6.89. The molecule has 3 aromatic heterocycles. The van der Waals surface area contributed by atoms with Crippen LogP contribution in [-0.4, -0.2) is 91.5 Å². The van der Waals surface area contributed by atoms with Gasteiger partial charge in [0, 0.05) is 44.6 Å². The van der Waals surface area contributed by atoms with Gasteiger partial charge in [-0.25, -0.2) is 24.5 Å². The predicted molar refractivity (Wildman–Crippen MR) is 159 cm³/mol. The van der Waals surface area contributed by atoms with Gasteiger partial charge in [0.05, 0.1) is 29.4 Å². The van der Waals surface area contributed by atoms with Crippen molar-refractivity contribution in [2.75, 3.05) is 32.1 Å². The number of ether oxygens (including phenoxy) is 2. The maximum atomic E-state index is 12.8. The second kappa shape index (κ2) is 13.6. The lowest BCUT2D eigenvalue weighted by Crippen LogP contribution is -2.41. The average molecular weight is 589 g/mol. The Morgan fingerprint density at radius 2 is 1.91 bits per heavy atom. The van der Waals surface area contributed by atoms with E-state index in [1.54, 1.807) is 18.5 Å². The molecule has 0 radical (unpaired) electrons. The highest BCUT2D eigenvalue weighted by Crippen LogP contribution is 2.28. The Balaban J connectivity index is 1.35. The van der Waals surface area contributed by atoms with Crippen LogP contribution in [0.5, 0.6) is 0 Å². The number of fused-ring (bicyclic) bond motifs is 1. The monoisotopic (exact) mass is 588 g/mol. The molecule has 0 bridgehead atoms. The molecule has 5 rings (SSSR count). The highest BCUT2D eigenvalue weighted by Gasteiger charge is 2.41. The van der Waals surface area contributed by atoms with E-state index in [-0.39, 0.29) is 25.7 Å². The van der Waals surface area contributed by atoms with Crippen molar-refractivity contribution < 1.29 is 24.2 Å². The van der Waals surface area contributed by atoms with Gasteiger partial charge in [-0.3, -0.25) is 9.88 Å². The van der Waals surface area contributed by atoms with Crippen LogP contribution in [0.1, 0.15) is 24.7 Å². The summed E-state index contributed by atoms with van der Waals surface area (Å²) in [7, 11) is 1.89. The number of nitrogens with one attached hydrogen (secondary N) is 2. The number of aryl methyl sites for hydroxylation is 1. The number of imidazole rings is 1. The van der Waals surface area contributed by atoms with E-state index in [0.717, 1.165) is 22.4 Å². The van der Waals surface area contributed by atoms with E-state index in [0.29, 0.717) is 37.0 Å². The number of benzene rings is 1. The molecule has 1 fully saturated rings. The molecule has 4 aromatic rings. The molecule has 0 spiro atoms. The number of anilines is 1. The SMILES string of the molecule is CCO[C@@H](CNC)Cn1c(C)nc2ccnc(-c3ccnc(N[C@H]4C[C@@H](C(=O)O)N(C(=O)OCc5ccccc5)C4)n3)c21. The minimum absolute atomic E-state index is 0.0562. The van der Waals surface area contributed by atoms with Gasteiger partial charge in [-0.05, 0) is 38.6 Å². The van der Waals surface area contributed by atoms with E-state index >= 15 is 0 Å². The first-order valence-electron chi connectivity index (χ1n) is 14.3. The highest BCUT2D eigenvalue weighted by molar-refractivity contribution is 5.89. The molecule has 13 nitrogen and oxygen atoms in total. The van der Waals surface area contributed by atoms with Crippen molar-refractivity contribution in [1.29, 1.82) is 0 Å². The van der Waals surface area contributed by atoms with Crippen LogP contribution in [0.4, 0.5) is 10.7 Å². The van der Waals surface area contributed by atoms with Crippen molar-refractivity contribution >= 4 is 29.0 Å². The number of carboxylic acid groups (broad SMARTS) is 1. The van der Waals surface area contributed by atoms with Crippen molar-refractivity contribution in [3.63, 3.8) is 0 Å². The van der Waals surface area contributed by atoms with Crippen molar-refractivity contribution in [3.05, 3.63) is 66.2 Å². The lowest BCUT2D eigenvalue weighted by atomic mass is 10.2. The van der Waals surface area contributed by atoms with Crippen LogP contribution in [0.2, 0.25) is 0 Å². The van der Waals surface area contributed by atoms with Crippen molar-refractivity contribution in [1.82, 2.24) is 34.7 Å². The fraction of sp³-hybridized carbons (Fsp3) is 0.400. The first-order chi connectivity index (χ1) is 20.9. The minimum Gasteiger partial charge on any atom is -0.480 e. The van der Waals surface area contributed by atoms with E-state index in [4.69, 9.17) is 19.4 Å². The zero-order chi connectivity index (χ0) is 30.3. The molecule has 0 saturated carbocycles. The maximum absolute atomic E-state index is 12.8. The second-order valence-corrected chi connectivity index (χ2v) is 10.3.